The van der Waals surface area contributed by atoms with E-state index in [1.807, 2.05) is 18.2 Å². The molecule has 0 aliphatic carbocycles. The summed E-state index contributed by atoms with van der Waals surface area (Å²) in [5.41, 5.74) is 1.65. The molecule has 1 aliphatic heterocycles. The molecule has 2 aromatic carbocycles. The highest BCUT2D eigenvalue weighted by atomic mass is 16.5. The third-order valence-corrected chi connectivity index (χ3v) is 5.53. The lowest BCUT2D eigenvalue weighted by Crippen LogP contribution is -2.37. The zero-order valence-electron chi connectivity index (χ0n) is 19.0. The third-order valence-electron chi connectivity index (χ3n) is 5.53. The van der Waals surface area contributed by atoms with Crippen LogP contribution >= 0.6 is 0 Å². The number of hydrogen-bond donors (Lipinski definition) is 1. The lowest BCUT2D eigenvalue weighted by atomic mass is 10.0. The maximum atomic E-state index is 12.9. The molecule has 1 N–H and O–H groups in total. The largest absolute Gasteiger partial charge is 0.496 e. The van der Waals surface area contributed by atoms with Gasteiger partial charge in [0.1, 0.15) is 5.75 Å². The number of nitrogens with zero attached hydrogens (tertiary/aromatic N) is 1. The Morgan fingerprint density at radius 2 is 1.71 bits per heavy atom. The SMILES string of the molecule is COc1cc(C(=O)NCC(c2ccccc2OC)N2CCCC2)ccc1OCC(C)C. The van der Waals surface area contributed by atoms with Gasteiger partial charge < -0.3 is 19.5 Å². The topological polar surface area (TPSA) is 60.0 Å². The van der Waals surface area contributed by atoms with Gasteiger partial charge in [0.05, 0.1) is 26.9 Å². The molecular formula is C25H34N2O4. The summed E-state index contributed by atoms with van der Waals surface area (Å²) in [6, 6.07) is 13.4. The average molecular weight is 427 g/mol. The van der Waals surface area contributed by atoms with Gasteiger partial charge in [0.2, 0.25) is 0 Å². The van der Waals surface area contributed by atoms with Crippen molar-refractivity contribution in [2.24, 2.45) is 5.92 Å². The number of amides is 1. The van der Waals surface area contributed by atoms with Crippen LogP contribution < -0.4 is 19.5 Å². The predicted molar refractivity (Wildman–Crippen MR) is 122 cm³/mol. The Bertz CT molecular complexity index is 862. The number of carbonyl (C=O) groups excluding carboxylic acids is 1. The molecule has 1 heterocycles. The molecule has 1 fully saturated rings. The molecule has 6 nitrogen and oxygen atoms in total. The quantitative estimate of drug-likeness (QED) is 0.614. The van der Waals surface area contributed by atoms with E-state index < -0.39 is 0 Å². The van der Waals surface area contributed by atoms with Crippen LogP contribution in [0.4, 0.5) is 0 Å². The number of nitrogens with one attached hydrogen (secondary N) is 1. The number of methoxy groups -OCH3 is 2. The van der Waals surface area contributed by atoms with Gasteiger partial charge in [0.25, 0.3) is 5.91 Å². The van der Waals surface area contributed by atoms with Crippen molar-refractivity contribution in [1.82, 2.24) is 10.2 Å². The minimum absolute atomic E-state index is 0.0677. The predicted octanol–water partition coefficient (Wildman–Crippen LogP) is 4.31. The Labute approximate surface area is 185 Å². The van der Waals surface area contributed by atoms with Crippen LogP contribution in [0.25, 0.3) is 0 Å². The van der Waals surface area contributed by atoms with Gasteiger partial charge in [-0.15, -0.1) is 0 Å². The minimum atomic E-state index is -0.132. The van der Waals surface area contributed by atoms with Gasteiger partial charge in [-0.2, -0.15) is 0 Å². The van der Waals surface area contributed by atoms with Crippen LogP contribution in [0.5, 0.6) is 17.2 Å². The molecular weight excluding hydrogens is 392 g/mol. The summed E-state index contributed by atoms with van der Waals surface area (Å²) in [6.45, 7) is 7.33. The molecule has 1 amide bonds. The van der Waals surface area contributed by atoms with Crippen LogP contribution in [-0.4, -0.2) is 51.3 Å². The Kier molecular flexibility index (Phi) is 8.18. The van der Waals surface area contributed by atoms with Crippen LogP contribution in [-0.2, 0) is 0 Å². The van der Waals surface area contributed by atoms with Gasteiger partial charge in [-0.05, 0) is 56.1 Å². The molecule has 0 saturated carbocycles. The molecule has 1 atom stereocenters. The van der Waals surface area contributed by atoms with Crippen molar-refractivity contribution in [3.05, 3.63) is 53.6 Å². The first-order chi connectivity index (χ1) is 15.0. The highest BCUT2D eigenvalue weighted by Crippen LogP contribution is 2.32. The van der Waals surface area contributed by atoms with Gasteiger partial charge >= 0.3 is 0 Å². The molecule has 6 heteroatoms. The Hall–Kier alpha value is -2.73. The van der Waals surface area contributed by atoms with Crippen molar-refractivity contribution >= 4 is 5.91 Å². The van der Waals surface area contributed by atoms with Crippen molar-refractivity contribution in [1.29, 1.82) is 0 Å². The molecule has 31 heavy (non-hydrogen) atoms. The Balaban J connectivity index is 1.73. The Morgan fingerprint density at radius 1 is 1.00 bits per heavy atom. The second kappa shape index (κ2) is 11.0. The molecule has 1 unspecified atom stereocenters. The third kappa shape index (κ3) is 5.91. The number of benzene rings is 2. The molecule has 2 aromatic rings. The van der Waals surface area contributed by atoms with E-state index in [1.165, 1.54) is 12.8 Å². The summed E-state index contributed by atoms with van der Waals surface area (Å²) in [5.74, 6) is 2.34. The maximum Gasteiger partial charge on any atom is 0.251 e. The number of carbonyl (C=O) groups is 1. The minimum Gasteiger partial charge on any atom is -0.496 e. The van der Waals surface area contributed by atoms with Gasteiger partial charge in [0.15, 0.2) is 11.5 Å². The molecule has 0 aromatic heterocycles. The maximum absolute atomic E-state index is 12.9. The molecule has 168 valence electrons. The van der Waals surface area contributed by atoms with E-state index in [-0.39, 0.29) is 11.9 Å². The first-order valence-electron chi connectivity index (χ1n) is 11.0. The van der Waals surface area contributed by atoms with Crippen LogP contribution in [0.2, 0.25) is 0 Å². The van der Waals surface area contributed by atoms with E-state index in [4.69, 9.17) is 14.2 Å². The smallest absolute Gasteiger partial charge is 0.251 e. The summed E-state index contributed by atoms with van der Waals surface area (Å²) in [5, 5.41) is 3.11. The first-order valence-corrected chi connectivity index (χ1v) is 11.0. The number of likely N-dealkylation sites (tertiary alicyclic amines) is 1. The second-order valence-corrected chi connectivity index (χ2v) is 8.28. The molecule has 1 aliphatic rings. The van der Waals surface area contributed by atoms with E-state index in [1.54, 1.807) is 32.4 Å². The van der Waals surface area contributed by atoms with Gasteiger partial charge in [-0.3, -0.25) is 9.69 Å². The normalized spacial score (nSPS) is 15.0. The Morgan fingerprint density at radius 3 is 2.39 bits per heavy atom. The fraction of sp³-hybridized carbons (Fsp3) is 0.480. The lowest BCUT2D eigenvalue weighted by molar-refractivity contribution is 0.0937. The van der Waals surface area contributed by atoms with Gasteiger partial charge in [-0.1, -0.05) is 32.0 Å². The number of ether oxygens (including phenoxy) is 3. The van der Waals surface area contributed by atoms with Crippen LogP contribution in [0.1, 0.15) is 48.7 Å². The molecule has 0 spiro atoms. The van der Waals surface area contributed by atoms with Crippen molar-refractivity contribution < 1.29 is 19.0 Å². The van der Waals surface area contributed by atoms with E-state index >= 15 is 0 Å². The lowest BCUT2D eigenvalue weighted by Gasteiger charge is -2.29. The fourth-order valence-corrected chi connectivity index (χ4v) is 3.91. The summed E-state index contributed by atoms with van der Waals surface area (Å²) < 4.78 is 16.8. The van der Waals surface area contributed by atoms with E-state index in [0.717, 1.165) is 24.4 Å². The van der Waals surface area contributed by atoms with Gasteiger partial charge in [-0.25, -0.2) is 0 Å². The van der Waals surface area contributed by atoms with E-state index in [0.29, 0.717) is 36.1 Å². The second-order valence-electron chi connectivity index (χ2n) is 8.28. The summed E-state index contributed by atoms with van der Waals surface area (Å²) in [7, 11) is 3.28. The molecule has 1 saturated heterocycles. The molecule has 0 bridgehead atoms. The fourth-order valence-electron chi connectivity index (χ4n) is 3.91. The van der Waals surface area contributed by atoms with Crippen molar-refractivity contribution in [3.63, 3.8) is 0 Å². The van der Waals surface area contributed by atoms with Crippen LogP contribution in [0.3, 0.4) is 0 Å². The monoisotopic (exact) mass is 426 g/mol. The standard InChI is InChI=1S/C25H34N2O4/c1-18(2)17-31-23-12-11-19(15-24(23)30-4)25(28)26-16-21(27-13-7-8-14-27)20-9-5-6-10-22(20)29-3/h5-6,9-12,15,18,21H,7-8,13-14,16-17H2,1-4H3,(H,26,28). The van der Waals surface area contributed by atoms with Crippen molar-refractivity contribution in [2.45, 2.75) is 32.7 Å². The van der Waals surface area contributed by atoms with E-state index in [9.17, 15) is 4.79 Å². The van der Waals surface area contributed by atoms with Crippen molar-refractivity contribution in [3.8, 4) is 17.2 Å². The number of para-hydroxylation sites is 1. The zero-order chi connectivity index (χ0) is 22.2. The highest BCUT2D eigenvalue weighted by molar-refractivity contribution is 5.94. The summed E-state index contributed by atoms with van der Waals surface area (Å²) >= 11 is 0. The number of rotatable bonds is 10. The average Bonchev–Trinajstić information content (AvgIpc) is 3.32. The zero-order valence-corrected chi connectivity index (χ0v) is 19.0. The van der Waals surface area contributed by atoms with Gasteiger partial charge in [0, 0.05) is 17.7 Å². The van der Waals surface area contributed by atoms with Crippen molar-refractivity contribution in [2.75, 3.05) is 40.5 Å². The van der Waals surface area contributed by atoms with Crippen LogP contribution in [0.15, 0.2) is 42.5 Å². The first kappa shape index (κ1) is 22.9. The highest BCUT2D eigenvalue weighted by Gasteiger charge is 2.26. The summed E-state index contributed by atoms with van der Waals surface area (Å²) in [6.07, 6.45) is 2.35. The summed E-state index contributed by atoms with van der Waals surface area (Å²) in [4.78, 5) is 15.4. The molecule has 3 rings (SSSR count). The van der Waals surface area contributed by atoms with E-state index in [2.05, 4.69) is 30.1 Å². The molecule has 0 radical (unpaired) electrons. The number of hydrogen-bond acceptors (Lipinski definition) is 5. The van der Waals surface area contributed by atoms with Crippen LogP contribution in [0, 0.1) is 5.92 Å².